The van der Waals surface area contributed by atoms with E-state index in [0.29, 0.717) is 6.07 Å². The van der Waals surface area contributed by atoms with Crippen molar-refractivity contribution < 1.29 is 23.6 Å². The Bertz CT molecular complexity index is 958. The number of aromatic nitrogens is 1. The van der Waals surface area contributed by atoms with Gasteiger partial charge in [0, 0.05) is 13.2 Å². The maximum Gasteiger partial charge on any atom is 0.343 e. The van der Waals surface area contributed by atoms with Crippen molar-refractivity contribution in [2.24, 2.45) is 0 Å². The molecule has 0 N–H and O–H groups in total. The molecule has 0 saturated carbocycles. The highest BCUT2D eigenvalue weighted by Gasteiger charge is 2.29. The minimum absolute atomic E-state index is 0.0328. The summed E-state index contributed by atoms with van der Waals surface area (Å²) in [5.41, 5.74) is -2.83. The molecule has 2 rings (SSSR count). The van der Waals surface area contributed by atoms with Gasteiger partial charge in [0.25, 0.3) is 0 Å². The zero-order valence-corrected chi connectivity index (χ0v) is 13.7. The van der Waals surface area contributed by atoms with Gasteiger partial charge < -0.3 is 4.74 Å². The molecule has 0 aliphatic heterocycles. The second-order valence-electron chi connectivity index (χ2n) is 4.79. The average molecular weight is 372 g/mol. The molecule has 0 spiro atoms. The Morgan fingerprint density at radius 1 is 1.56 bits per heavy atom. The van der Waals surface area contributed by atoms with E-state index in [9.17, 15) is 28.9 Å². The lowest BCUT2D eigenvalue weighted by Crippen LogP contribution is -2.32. The second kappa shape index (κ2) is 6.85. The zero-order chi connectivity index (χ0) is 18.9. The van der Waals surface area contributed by atoms with Gasteiger partial charge in [-0.1, -0.05) is 11.6 Å². The fourth-order valence-electron chi connectivity index (χ4n) is 2.22. The summed E-state index contributed by atoms with van der Waals surface area (Å²) in [6.07, 6.45) is 1.18. The van der Waals surface area contributed by atoms with E-state index in [2.05, 4.69) is 0 Å². The average Bonchev–Trinajstić information content (AvgIpc) is 2.56. The molecule has 132 valence electrons. The molecule has 0 atom stereocenters. The van der Waals surface area contributed by atoms with Gasteiger partial charge in [-0.2, -0.15) is 0 Å². The number of rotatable bonds is 5. The molecule has 1 aromatic carbocycles. The van der Waals surface area contributed by atoms with Gasteiger partial charge in [-0.3, -0.25) is 29.4 Å². The van der Waals surface area contributed by atoms with Crippen LogP contribution in [0.3, 0.4) is 0 Å². The van der Waals surface area contributed by atoms with Gasteiger partial charge >= 0.3 is 11.7 Å². The number of esters is 1. The van der Waals surface area contributed by atoms with Crippen LogP contribution in [-0.4, -0.2) is 35.6 Å². The van der Waals surface area contributed by atoms with E-state index in [1.165, 1.54) is 14.0 Å². The molecular formula is C14H11ClFN3O6. The van der Waals surface area contributed by atoms with Crippen molar-refractivity contribution in [3.05, 3.63) is 49.0 Å². The molecule has 0 aliphatic rings. The van der Waals surface area contributed by atoms with E-state index < -0.39 is 49.3 Å². The SMILES string of the molecule is CCOC(=O)c1cn(N(C)C=O)c2c([N+](=O)[O-])c(Cl)c(F)cc2c1=O. The molecule has 0 bridgehead atoms. The van der Waals surface area contributed by atoms with Gasteiger partial charge in [-0.25, -0.2) is 9.18 Å². The summed E-state index contributed by atoms with van der Waals surface area (Å²) in [5, 5.41) is 10.8. The number of ether oxygens (including phenoxy) is 1. The van der Waals surface area contributed by atoms with E-state index in [4.69, 9.17) is 16.3 Å². The van der Waals surface area contributed by atoms with E-state index >= 15 is 0 Å². The van der Waals surface area contributed by atoms with Crippen LogP contribution in [0.25, 0.3) is 10.9 Å². The van der Waals surface area contributed by atoms with Gasteiger partial charge in [0.1, 0.15) is 11.4 Å². The number of hydrogen-bond donors (Lipinski definition) is 0. The molecule has 11 heteroatoms. The Kier molecular flexibility index (Phi) is 5.02. The van der Waals surface area contributed by atoms with Crippen LogP contribution in [0.15, 0.2) is 17.1 Å². The number of amides is 1. The highest BCUT2D eigenvalue weighted by molar-refractivity contribution is 6.34. The van der Waals surface area contributed by atoms with E-state index in [-0.39, 0.29) is 13.0 Å². The Labute approximate surface area is 144 Å². The third-order valence-electron chi connectivity index (χ3n) is 3.31. The Balaban J connectivity index is 3.08. The van der Waals surface area contributed by atoms with Crippen LogP contribution in [0, 0.1) is 15.9 Å². The third kappa shape index (κ3) is 3.03. The Morgan fingerprint density at radius 2 is 2.20 bits per heavy atom. The first-order valence-corrected chi connectivity index (χ1v) is 7.19. The molecule has 1 aromatic heterocycles. The number of benzene rings is 1. The summed E-state index contributed by atoms with van der Waals surface area (Å²) < 4.78 is 19.6. The molecular weight excluding hydrogens is 361 g/mol. The summed E-state index contributed by atoms with van der Waals surface area (Å²) >= 11 is 5.66. The number of hydrogen-bond acceptors (Lipinski definition) is 6. The molecule has 0 fully saturated rings. The van der Waals surface area contributed by atoms with Crippen molar-refractivity contribution in [3.8, 4) is 0 Å². The topological polar surface area (TPSA) is 112 Å². The van der Waals surface area contributed by atoms with Crippen molar-refractivity contribution in [1.29, 1.82) is 0 Å². The number of fused-ring (bicyclic) bond motifs is 1. The maximum atomic E-state index is 14.0. The molecule has 0 saturated heterocycles. The van der Waals surface area contributed by atoms with Crippen molar-refractivity contribution in [1.82, 2.24) is 4.68 Å². The highest BCUT2D eigenvalue weighted by Crippen LogP contribution is 2.34. The fourth-order valence-corrected chi connectivity index (χ4v) is 2.43. The fraction of sp³-hybridized carbons (Fsp3) is 0.214. The number of carbonyl (C=O) groups is 2. The van der Waals surface area contributed by atoms with Crippen LogP contribution >= 0.6 is 11.6 Å². The first-order chi connectivity index (χ1) is 11.7. The quantitative estimate of drug-likeness (QED) is 0.341. The molecule has 1 heterocycles. The number of carbonyl (C=O) groups excluding carboxylic acids is 2. The van der Waals surface area contributed by atoms with Crippen LogP contribution in [0.5, 0.6) is 0 Å². The largest absolute Gasteiger partial charge is 0.462 e. The zero-order valence-electron chi connectivity index (χ0n) is 13.0. The van der Waals surface area contributed by atoms with E-state index in [0.717, 1.165) is 15.9 Å². The molecule has 25 heavy (non-hydrogen) atoms. The second-order valence-corrected chi connectivity index (χ2v) is 5.17. The maximum absolute atomic E-state index is 14.0. The molecule has 2 aromatic rings. The monoisotopic (exact) mass is 371 g/mol. The number of halogens is 2. The summed E-state index contributed by atoms with van der Waals surface area (Å²) in [7, 11) is 1.22. The Hall–Kier alpha value is -3.01. The minimum atomic E-state index is -1.21. The standard InChI is InChI=1S/C14H11ClFN3O6/c1-3-25-14(22)8-5-18(17(2)6-20)11-7(13(8)21)4-9(16)10(15)12(11)19(23)24/h4-6H,3H2,1-2H3. The van der Waals surface area contributed by atoms with Crippen LogP contribution < -0.4 is 10.4 Å². The smallest absolute Gasteiger partial charge is 0.343 e. The van der Waals surface area contributed by atoms with Crippen LogP contribution in [0.1, 0.15) is 17.3 Å². The molecule has 1 amide bonds. The van der Waals surface area contributed by atoms with Crippen molar-refractivity contribution >= 4 is 40.6 Å². The number of nitrogens with zero attached hydrogens (tertiary/aromatic N) is 3. The minimum Gasteiger partial charge on any atom is -0.462 e. The van der Waals surface area contributed by atoms with Gasteiger partial charge in [0.2, 0.25) is 11.8 Å². The summed E-state index contributed by atoms with van der Waals surface area (Å²) in [4.78, 5) is 45.9. The number of nitro groups is 1. The summed E-state index contributed by atoms with van der Waals surface area (Å²) in [6, 6.07) is 0.671. The van der Waals surface area contributed by atoms with Gasteiger partial charge in [-0.15, -0.1) is 0 Å². The van der Waals surface area contributed by atoms with Gasteiger partial charge in [-0.05, 0) is 13.0 Å². The highest BCUT2D eigenvalue weighted by atomic mass is 35.5. The molecule has 0 radical (unpaired) electrons. The molecule has 0 unspecified atom stereocenters. The summed E-state index contributed by atoms with van der Waals surface area (Å²) in [6.45, 7) is 1.48. The predicted molar refractivity (Wildman–Crippen MR) is 86.0 cm³/mol. The van der Waals surface area contributed by atoms with Gasteiger partial charge in [0.05, 0.1) is 16.9 Å². The predicted octanol–water partition coefficient (Wildman–Crippen LogP) is 1.60. The first-order valence-electron chi connectivity index (χ1n) is 6.81. The number of pyridine rings is 1. The van der Waals surface area contributed by atoms with Gasteiger partial charge in [0.15, 0.2) is 10.5 Å². The number of nitro benzene ring substituents is 1. The van der Waals surface area contributed by atoms with Crippen molar-refractivity contribution in [2.45, 2.75) is 6.92 Å². The lowest BCUT2D eigenvalue weighted by Gasteiger charge is -2.19. The van der Waals surface area contributed by atoms with Crippen LogP contribution in [-0.2, 0) is 9.53 Å². The summed E-state index contributed by atoms with van der Waals surface area (Å²) in [5.74, 6) is -2.22. The van der Waals surface area contributed by atoms with Crippen molar-refractivity contribution in [2.75, 3.05) is 18.7 Å². The van der Waals surface area contributed by atoms with Crippen LogP contribution in [0.4, 0.5) is 10.1 Å². The van der Waals surface area contributed by atoms with E-state index in [1.807, 2.05) is 0 Å². The van der Waals surface area contributed by atoms with E-state index in [1.54, 1.807) is 0 Å². The van der Waals surface area contributed by atoms with Crippen LogP contribution in [0.2, 0.25) is 5.02 Å². The molecule has 0 aliphatic carbocycles. The third-order valence-corrected chi connectivity index (χ3v) is 3.67. The van der Waals surface area contributed by atoms with Crippen molar-refractivity contribution in [3.63, 3.8) is 0 Å². The molecule has 9 nitrogen and oxygen atoms in total. The first kappa shape index (κ1) is 18.3. The Morgan fingerprint density at radius 3 is 2.72 bits per heavy atom. The normalized spacial score (nSPS) is 10.6. The lowest BCUT2D eigenvalue weighted by molar-refractivity contribution is -0.383. The lowest BCUT2D eigenvalue weighted by atomic mass is 10.1.